The highest BCUT2D eigenvalue weighted by Gasteiger charge is 2.21. The van der Waals surface area contributed by atoms with Crippen LogP contribution >= 0.6 is 0 Å². The van der Waals surface area contributed by atoms with Gasteiger partial charge in [0, 0.05) is 12.5 Å². The minimum absolute atomic E-state index is 0.0954. The zero-order valence-corrected chi connectivity index (χ0v) is 10.7. The Hall–Kier alpha value is -1.32. The van der Waals surface area contributed by atoms with E-state index in [1.54, 1.807) is 18.0 Å². The number of hydrogen-bond acceptors (Lipinski definition) is 3. The number of rotatable bonds is 5. The Morgan fingerprint density at radius 3 is 2.50 bits per heavy atom. The highest BCUT2D eigenvalue weighted by atomic mass is 16.5. The summed E-state index contributed by atoms with van der Waals surface area (Å²) in [6, 6.07) is 0.162. The van der Waals surface area contributed by atoms with Gasteiger partial charge in [-0.2, -0.15) is 5.10 Å². The molecule has 1 heterocycles. The van der Waals surface area contributed by atoms with Crippen LogP contribution in [-0.2, 0) is 0 Å². The molecule has 0 fully saturated rings. The molecule has 0 spiro atoms. The van der Waals surface area contributed by atoms with Gasteiger partial charge in [0.2, 0.25) is 0 Å². The van der Waals surface area contributed by atoms with E-state index in [1.807, 2.05) is 27.7 Å². The number of ketones is 1. The molecule has 1 aromatic rings. The van der Waals surface area contributed by atoms with Gasteiger partial charge in [-0.1, -0.05) is 13.8 Å². The fraction of sp³-hybridized carbons (Fsp3) is 0.667. The maximum atomic E-state index is 12.1. The van der Waals surface area contributed by atoms with Gasteiger partial charge < -0.3 is 4.74 Å². The van der Waals surface area contributed by atoms with Crippen LogP contribution in [-0.4, -0.2) is 22.7 Å². The summed E-state index contributed by atoms with van der Waals surface area (Å²) in [5.41, 5.74) is 0.589. The second-order valence-corrected chi connectivity index (χ2v) is 4.62. The number of carbonyl (C=O) groups excluding carboxylic acids is 1. The van der Waals surface area contributed by atoms with Gasteiger partial charge >= 0.3 is 0 Å². The van der Waals surface area contributed by atoms with E-state index in [0.29, 0.717) is 23.8 Å². The van der Waals surface area contributed by atoms with Crippen molar-refractivity contribution in [1.82, 2.24) is 9.78 Å². The van der Waals surface area contributed by atoms with E-state index >= 15 is 0 Å². The molecule has 90 valence electrons. The molecule has 0 radical (unpaired) electrons. The van der Waals surface area contributed by atoms with E-state index < -0.39 is 0 Å². The Bertz CT molecular complexity index is 367. The summed E-state index contributed by atoms with van der Waals surface area (Å²) >= 11 is 0. The topological polar surface area (TPSA) is 44.1 Å². The molecule has 0 aliphatic carbocycles. The third-order valence-electron chi connectivity index (χ3n) is 2.33. The van der Waals surface area contributed by atoms with Crippen LogP contribution < -0.4 is 4.74 Å². The van der Waals surface area contributed by atoms with E-state index in [9.17, 15) is 4.79 Å². The molecule has 0 saturated carbocycles. The van der Waals surface area contributed by atoms with Crippen LogP contribution in [0, 0.1) is 5.92 Å². The van der Waals surface area contributed by atoms with Crippen molar-refractivity contribution in [3.05, 3.63) is 11.9 Å². The van der Waals surface area contributed by atoms with Crippen LogP contribution in [0.4, 0.5) is 0 Å². The number of carbonyl (C=O) groups is 1. The summed E-state index contributed by atoms with van der Waals surface area (Å²) in [7, 11) is 1.56. The van der Waals surface area contributed by atoms with Crippen LogP contribution in [0.2, 0.25) is 0 Å². The van der Waals surface area contributed by atoms with E-state index in [1.165, 1.54) is 0 Å². The Kier molecular flexibility index (Phi) is 4.10. The van der Waals surface area contributed by atoms with Gasteiger partial charge in [0.15, 0.2) is 11.5 Å². The SMILES string of the molecule is COc1cnn(C(C)C)c1C(=O)CC(C)C. The molecular formula is C12H20N2O2. The zero-order valence-electron chi connectivity index (χ0n) is 10.7. The first-order chi connectivity index (χ1) is 7.47. The summed E-state index contributed by atoms with van der Waals surface area (Å²) < 4.78 is 6.90. The zero-order chi connectivity index (χ0) is 12.3. The number of nitrogens with zero attached hydrogens (tertiary/aromatic N) is 2. The lowest BCUT2D eigenvalue weighted by molar-refractivity contribution is 0.0952. The Morgan fingerprint density at radius 1 is 1.44 bits per heavy atom. The summed E-state index contributed by atoms with van der Waals surface area (Å²) in [6.07, 6.45) is 2.13. The molecule has 0 N–H and O–H groups in total. The molecule has 1 rings (SSSR count). The van der Waals surface area contributed by atoms with Crippen molar-refractivity contribution in [2.75, 3.05) is 7.11 Å². The molecular weight excluding hydrogens is 204 g/mol. The predicted molar refractivity (Wildman–Crippen MR) is 62.9 cm³/mol. The van der Waals surface area contributed by atoms with Gasteiger partial charge in [-0.3, -0.25) is 9.48 Å². The van der Waals surface area contributed by atoms with Crippen LogP contribution in [0.3, 0.4) is 0 Å². The van der Waals surface area contributed by atoms with Crippen LogP contribution in [0.5, 0.6) is 5.75 Å². The van der Waals surface area contributed by atoms with Gasteiger partial charge in [0.05, 0.1) is 13.3 Å². The summed E-state index contributed by atoms with van der Waals surface area (Å²) in [5.74, 6) is 1.00. The average Bonchev–Trinajstić information content (AvgIpc) is 2.59. The van der Waals surface area contributed by atoms with E-state index in [2.05, 4.69) is 5.10 Å². The highest BCUT2D eigenvalue weighted by Crippen LogP contribution is 2.23. The van der Waals surface area contributed by atoms with Crippen molar-refractivity contribution in [3.8, 4) is 5.75 Å². The molecule has 0 aromatic carbocycles. The molecule has 1 aromatic heterocycles. The summed E-state index contributed by atoms with van der Waals surface area (Å²) in [5, 5.41) is 4.19. The first kappa shape index (κ1) is 12.7. The van der Waals surface area contributed by atoms with Crippen molar-refractivity contribution in [2.45, 2.75) is 40.2 Å². The molecule has 0 aliphatic heterocycles. The number of aromatic nitrogens is 2. The van der Waals surface area contributed by atoms with Crippen molar-refractivity contribution >= 4 is 5.78 Å². The second-order valence-electron chi connectivity index (χ2n) is 4.62. The molecule has 4 heteroatoms. The molecule has 0 saturated heterocycles. The van der Waals surface area contributed by atoms with Crippen molar-refractivity contribution in [1.29, 1.82) is 0 Å². The van der Waals surface area contributed by atoms with Gasteiger partial charge in [-0.15, -0.1) is 0 Å². The number of hydrogen-bond donors (Lipinski definition) is 0. The third kappa shape index (κ3) is 2.62. The van der Waals surface area contributed by atoms with Crippen molar-refractivity contribution in [3.63, 3.8) is 0 Å². The van der Waals surface area contributed by atoms with Crippen LogP contribution in [0.15, 0.2) is 6.20 Å². The summed E-state index contributed by atoms with van der Waals surface area (Å²) in [6.45, 7) is 8.05. The maximum absolute atomic E-state index is 12.1. The van der Waals surface area contributed by atoms with Gasteiger partial charge in [-0.05, 0) is 19.8 Å². The standard InChI is InChI=1S/C12H20N2O2/c1-8(2)6-10(15)12-11(16-5)7-13-14(12)9(3)4/h7-9H,6H2,1-5H3. The number of Topliss-reactive ketones (excluding diaryl/α,β-unsaturated/α-hetero) is 1. The minimum atomic E-state index is 0.0954. The lowest BCUT2D eigenvalue weighted by atomic mass is 10.0. The fourth-order valence-electron chi connectivity index (χ4n) is 1.62. The summed E-state index contributed by atoms with van der Waals surface area (Å²) in [4.78, 5) is 12.1. The molecule has 4 nitrogen and oxygen atoms in total. The first-order valence-corrected chi connectivity index (χ1v) is 5.62. The van der Waals surface area contributed by atoms with Crippen molar-refractivity contribution in [2.24, 2.45) is 5.92 Å². The Labute approximate surface area is 96.6 Å². The second kappa shape index (κ2) is 5.14. The van der Waals surface area contributed by atoms with E-state index in [-0.39, 0.29) is 11.8 Å². The Balaban J connectivity index is 3.07. The average molecular weight is 224 g/mol. The highest BCUT2D eigenvalue weighted by molar-refractivity contribution is 5.97. The van der Waals surface area contributed by atoms with Gasteiger partial charge in [0.1, 0.15) is 5.69 Å². The van der Waals surface area contributed by atoms with Crippen LogP contribution in [0.25, 0.3) is 0 Å². The van der Waals surface area contributed by atoms with Gasteiger partial charge in [-0.25, -0.2) is 0 Å². The maximum Gasteiger partial charge on any atom is 0.184 e. The van der Waals surface area contributed by atoms with E-state index in [4.69, 9.17) is 4.74 Å². The Morgan fingerprint density at radius 2 is 2.06 bits per heavy atom. The first-order valence-electron chi connectivity index (χ1n) is 5.62. The number of ether oxygens (including phenoxy) is 1. The molecule has 0 bridgehead atoms. The molecule has 0 atom stereocenters. The van der Waals surface area contributed by atoms with Gasteiger partial charge in [0.25, 0.3) is 0 Å². The minimum Gasteiger partial charge on any atom is -0.493 e. The molecule has 0 amide bonds. The normalized spacial score (nSPS) is 11.2. The predicted octanol–water partition coefficient (Wildman–Crippen LogP) is 2.70. The monoisotopic (exact) mass is 224 g/mol. The van der Waals surface area contributed by atoms with Crippen LogP contribution in [0.1, 0.15) is 50.6 Å². The molecule has 0 aliphatic rings. The largest absolute Gasteiger partial charge is 0.493 e. The molecule has 0 unspecified atom stereocenters. The fourth-order valence-corrected chi connectivity index (χ4v) is 1.62. The van der Waals surface area contributed by atoms with Crippen molar-refractivity contribution < 1.29 is 9.53 Å². The smallest absolute Gasteiger partial charge is 0.184 e. The lowest BCUT2D eigenvalue weighted by Crippen LogP contribution is -2.14. The molecule has 16 heavy (non-hydrogen) atoms. The third-order valence-corrected chi connectivity index (χ3v) is 2.33. The lowest BCUT2D eigenvalue weighted by Gasteiger charge is -2.12. The quantitative estimate of drug-likeness (QED) is 0.722. The van der Waals surface area contributed by atoms with E-state index in [0.717, 1.165) is 0 Å². The number of methoxy groups -OCH3 is 1.